The number of methoxy groups -OCH3 is 1. The number of hydrogen-bond acceptors (Lipinski definition) is 4. The third-order valence-electron chi connectivity index (χ3n) is 3.39. The molecule has 0 saturated carbocycles. The quantitative estimate of drug-likeness (QED) is 0.796. The van der Waals surface area contributed by atoms with Crippen LogP contribution in [-0.2, 0) is 11.3 Å². The lowest BCUT2D eigenvalue weighted by molar-refractivity contribution is 0.185. The molecule has 3 aromatic rings. The van der Waals surface area contributed by atoms with Gasteiger partial charge in [0.1, 0.15) is 4.83 Å². The summed E-state index contributed by atoms with van der Waals surface area (Å²) < 4.78 is 6.12. The zero-order chi connectivity index (χ0) is 15.7. The first kappa shape index (κ1) is 15.0. The number of ether oxygens (including phenoxy) is 1. The number of aromatic nitrogens is 2. The molecule has 22 heavy (non-hydrogen) atoms. The molecule has 114 valence electrons. The highest BCUT2D eigenvalue weighted by Gasteiger charge is 2.14. The van der Waals surface area contributed by atoms with Crippen LogP contribution in [0, 0.1) is 0 Å². The number of thiophene rings is 1. The predicted octanol–water partition coefficient (Wildman–Crippen LogP) is 2.72. The minimum absolute atomic E-state index is 0.219. The van der Waals surface area contributed by atoms with Gasteiger partial charge in [0.2, 0.25) is 0 Å². The zero-order valence-electron chi connectivity index (χ0n) is 11.8. The Morgan fingerprint density at radius 3 is 2.68 bits per heavy atom. The fourth-order valence-electron chi connectivity index (χ4n) is 2.28. The minimum Gasteiger partial charge on any atom is -0.383 e. The van der Waals surface area contributed by atoms with Crippen molar-refractivity contribution in [2.75, 3.05) is 13.7 Å². The molecule has 2 heterocycles. The van der Waals surface area contributed by atoms with E-state index in [9.17, 15) is 9.59 Å². The molecule has 3 rings (SSSR count). The second kappa shape index (κ2) is 6.08. The number of rotatable bonds is 4. The Kier molecular flexibility index (Phi) is 4.15. The molecule has 1 N–H and O–H groups in total. The first-order chi connectivity index (χ1) is 10.6. The van der Waals surface area contributed by atoms with E-state index in [1.807, 2.05) is 17.5 Å². The van der Waals surface area contributed by atoms with E-state index in [4.69, 9.17) is 16.3 Å². The van der Waals surface area contributed by atoms with Crippen LogP contribution in [0.1, 0.15) is 0 Å². The third kappa shape index (κ3) is 2.61. The zero-order valence-corrected chi connectivity index (χ0v) is 13.3. The summed E-state index contributed by atoms with van der Waals surface area (Å²) in [6.45, 7) is 0.519. The topological polar surface area (TPSA) is 64.1 Å². The molecule has 0 bridgehead atoms. The van der Waals surface area contributed by atoms with Gasteiger partial charge >= 0.3 is 5.69 Å². The SMILES string of the molecule is COCCn1c(=O)[nH]c2scc(-c3ccc(Cl)cc3)c2c1=O. The lowest BCUT2D eigenvalue weighted by atomic mass is 10.1. The highest BCUT2D eigenvalue weighted by molar-refractivity contribution is 7.17. The first-order valence-corrected chi connectivity index (χ1v) is 7.87. The van der Waals surface area contributed by atoms with Gasteiger partial charge in [-0.3, -0.25) is 14.3 Å². The van der Waals surface area contributed by atoms with Crippen LogP contribution in [0.4, 0.5) is 0 Å². The van der Waals surface area contributed by atoms with Gasteiger partial charge in [-0.2, -0.15) is 0 Å². The van der Waals surface area contributed by atoms with E-state index in [-0.39, 0.29) is 12.1 Å². The molecule has 0 amide bonds. The predicted molar refractivity (Wildman–Crippen MR) is 89.0 cm³/mol. The fraction of sp³-hybridized carbons (Fsp3) is 0.200. The molecule has 0 saturated heterocycles. The van der Waals surface area contributed by atoms with Crippen molar-refractivity contribution in [2.45, 2.75) is 6.54 Å². The van der Waals surface area contributed by atoms with E-state index < -0.39 is 5.69 Å². The van der Waals surface area contributed by atoms with Crippen molar-refractivity contribution in [3.8, 4) is 11.1 Å². The van der Waals surface area contributed by atoms with Crippen molar-refractivity contribution >= 4 is 33.2 Å². The van der Waals surface area contributed by atoms with Gasteiger partial charge in [0, 0.05) is 23.1 Å². The molecule has 1 aromatic carbocycles. The number of nitrogens with zero attached hydrogens (tertiary/aromatic N) is 1. The molecule has 5 nitrogen and oxygen atoms in total. The molecule has 0 atom stereocenters. The summed E-state index contributed by atoms with van der Waals surface area (Å²) in [5.74, 6) is 0. The Morgan fingerprint density at radius 1 is 1.27 bits per heavy atom. The van der Waals surface area contributed by atoms with E-state index in [0.29, 0.717) is 21.8 Å². The Bertz CT molecular complexity index is 925. The number of H-pyrrole nitrogens is 1. The molecule has 7 heteroatoms. The third-order valence-corrected chi connectivity index (χ3v) is 4.54. The van der Waals surface area contributed by atoms with E-state index in [1.54, 1.807) is 12.1 Å². The van der Waals surface area contributed by atoms with Gasteiger partial charge in [0.05, 0.1) is 18.5 Å². The molecule has 0 spiro atoms. The van der Waals surface area contributed by atoms with Gasteiger partial charge in [0.25, 0.3) is 5.56 Å². The molecular formula is C15H13ClN2O3S. The summed E-state index contributed by atoms with van der Waals surface area (Å²) in [5, 5.41) is 3.02. The van der Waals surface area contributed by atoms with Crippen LogP contribution in [0.25, 0.3) is 21.3 Å². The number of nitrogens with one attached hydrogen (secondary N) is 1. The van der Waals surface area contributed by atoms with Crippen molar-refractivity contribution < 1.29 is 4.74 Å². The maximum atomic E-state index is 12.6. The van der Waals surface area contributed by atoms with Crippen LogP contribution < -0.4 is 11.2 Å². The van der Waals surface area contributed by atoms with E-state index in [1.165, 1.54) is 18.4 Å². The highest BCUT2D eigenvalue weighted by Crippen LogP contribution is 2.30. The standard InChI is InChI=1S/C15H13ClN2O3S/c1-21-7-6-18-14(19)12-11(8-22-13(12)17-15(18)20)9-2-4-10(16)5-3-9/h2-5,8H,6-7H2,1H3,(H,17,20). The van der Waals surface area contributed by atoms with Crippen LogP contribution in [0.2, 0.25) is 5.02 Å². The summed E-state index contributed by atoms with van der Waals surface area (Å²) in [6.07, 6.45) is 0. The second-order valence-corrected chi connectivity index (χ2v) is 6.06. The van der Waals surface area contributed by atoms with Crippen LogP contribution in [-0.4, -0.2) is 23.3 Å². The van der Waals surface area contributed by atoms with Gasteiger partial charge in [-0.1, -0.05) is 23.7 Å². The number of halogens is 1. The van der Waals surface area contributed by atoms with Crippen LogP contribution in [0.3, 0.4) is 0 Å². The van der Waals surface area contributed by atoms with E-state index in [0.717, 1.165) is 15.7 Å². The Balaban J connectivity index is 2.23. The smallest absolute Gasteiger partial charge is 0.329 e. The van der Waals surface area contributed by atoms with Crippen molar-refractivity contribution in [1.29, 1.82) is 0 Å². The highest BCUT2D eigenvalue weighted by atomic mass is 35.5. The van der Waals surface area contributed by atoms with Crippen molar-refractivity contribution in [1.82, 2.24) is 9.55 Å². The number of benzene rings is 1. The largest absolute Gasteiger partial charge is 0.383 e. The number of aromatic amines is 1. The first-order valence-electron chi connectivity index (χ1n) is 6.61. The summed E-state index contributed by atoms with van der Waals surface area (Å²) in [6, 6.07) is 7.26. The molecule has 0 aliphatic carbocycles. The minimum atomic E-state index is -0.418. The molecule has 0 fully saturated rings. The van der Waals surface area contributed by atoms with Gasteiger partial charge < -0.3 is 4.74 Å². The lowest BCUT2D eigenvalue weighted by Crippen LogP contribution is -2.35. The van der Waals surface area contributed by atoms with Crippen molar-refractivity contribution in [3.63, 3.8) is 0 Å². The van der Waals surface area contributed by atoms with Gasteiger partial charge in [-0.05, 0) is 17.7 Å². The van der Waals surface area contributed by atoms with Gasteiger partial charge in [-0.25, -0.2) is 4.79 Å². The Labute approximate surface area is 134 Å². The molecule has 2 aromatic heterocycles. The normalized spacial score (nSPS) is 11.2. The fourth-order valence-corrected chi connectivity index (χ4v) is 3.36. The average Bonchev–Trinajstić information content (AvgIpc) is 2.92. The van der Waals surface area contributed by atoms with Gasteiger partial charge in [-0.15, -0.1) is 11.3 Å². The van der Waals surface area contributed by atoms with Crippen molar-refractivity contribution in [3.05, 3.63) is 55.5 Å². The summed E-state index contributed by atoms with van der Waals surface area (Å²) in [5.41, 5.74) is 0.961. The number of hydrogen-bond donors (Lipinski definition) is 1. The lowest BCUT2D eigenvalue weighted by Gasteiger charge is -2.05. The molecular weight excluding hydrogens is 324 g/mol. The average molecular weight is 337 g/mol. The molecule has 0 aliphatic rings. The maximum absolute atomic E-state index is 12.6. The monoisotopic (exact) mass is 336 g/mol. The Morgan fingerprint density at radius 2 is 2.00 bits per heavy atom. The molecule has 0 radical (unpaired) electrons. The van der Waals surface area contributed by atoms with Crippen molar-refractivity contribution in [2.24, 2.45) is 0 Å². The van der Waals surface area contributed by atoms with Crippen LogP contribution in [0.5, 0.6) is 0 Å². The molecule has 0 aliphatic heterocycles. The number of fused-ring (bicyclic) bond motifs is 1. The van der Waals surface area contributed by atoms with Crippen LogP contribution >= 0.6 is 22.9 Å². The van der Waals surface area contributed by atoms with Crippen LogP contribution in [0.15, 0.2) is 39.2 Å². The van der Waals surface area contributed by atoms with E-state index >= 15 is 0 Å². The van der Waals surface area contributed by atoms with E-state index in [2.05, 4.69) is 4.98 Å². The summed E-state index contributed by atoms with van der Waals surface area (Å²) in [4.78, 5) is 28.0. The maximum Gasteiger partial charge on any atom is 0.329 e. The summed E-state index contributed by atoms with van der Waals surface area (Å²) >= 11 is 7.24. The van der Waals surface area contributed by atoms with Gasteiger partial charge in [0.15, 0.2) is 0 Å². The molecule has 0 unspecified atom stereocenters. The second-order valence-electron chi connectivity index (χ2n) is 4.74. The summed E-state index contributed by atoms with van der Waals surface area (Å²) in [7, 11) is 1.53. The Hall–Kier alpha value is -1.89.